The van der Waals surface area contributed by atoms with Crippen LogP contribution in [0.3, 0.4) is 0 Å². The molecule has 4 aromatic rings. The van der Waals surface area contributed by atoms with Crippen LogP contribution in [0.25, 0.3) is 0 Å². The highest BCUT2D eigenvalue weighted by Crippen LogP contribution is 2.53. The predicted molar refractivity (Wildman–Crippen MR) is 159 cm³/mol. The average Bonchev–Trinajstić information content (AvgIpc) is 3.92. The van der Waals surface area contributed by atoms with Gasteiger partial charge in [-0.1, -0.05) is 0 Å². The lowest BCUT2D eigenvalue weighted by Gasteiger charge is -2.27. The number of carbonyl (C=O) groups excluding carboxylic acids is 6. The van der Waals surface area contributed by atoms with E-state index in [1.807, 2.05) is 0 Å². The number of benzene rings is 2. The molecule has 2 heterocycles. The van der Waals surface area contributed by atoms with Crippen molar-refractivity contribution in [3.8, 4) is 11.5 Å². The molecule has 47 heavy (non-hydrogen) atoms. The summed E-state index contributed by atoms with van der Waals surface area (Å²) >= 11 is 0. The largest absolute Gasteiger partial charge is 0.457 e. The van der Waals surface area contributed by atoms with Crippen LogP contribution >= 0.6 is 0 Å². The van der Waals surface area contributed by atoms with Crippen molar-refractivity contribution in [3.63, 3.8) is 0 Å². The van der Waals surface area contributed by atoms with Gasteiger partial charge < -0.3 is 27.8 Å². The highest BCUT2D eigenvalue weighted by molar-refractivity contribution is 5.99. The van der Waals surface area contributed by atoms with Crippen molar-refractivity contribution in [2.75, 3.05) is 13.2 Å². The summed E-state index contributed by atoms with van der Waals surface area (Å²) in [6.45, 7) is -1.07. The van der Waals surface area contributed by atoms with Crippen LogP contribution in [0.2, 0.25) is 0 Å². The minimum absolute atomic E-state index is 0.0320. The molecule has 0 amide bonds. The predicted octanol–water partition coefficient (Wildman–Crippen LogP) is 5.13. The summed E-state index contributed by atoms with van der Waals surface area (Å²) in [6.07, 6.45) is 4.83. The van der Waals surface area contributed by atoms with Crippen LogP contribution in [0.15, 0.2) is 94.2 Å². The SMILES string of the molecule is O=C(COC(=O)[C@@H]1[C@@H]2CC[C@@H](C2)[C@@H]1C(=O)OCC(=O)c1ccc(OC(=O)c2ccco2)cc1)c1ccc(OC(=O)c2ccco2)cc1. The molecule has 2 bridgehead atoms. The Hall–Kier alpha value is -5.78. The fourth-order valence-electron chi connectivity index (χ4n) is 6.12. The fraction of sp³-hybridized carbons (Fsp3) is 0.257. The number of hydrogen-bond acceptors (Lipinski definition) is 12. The van der Waals surface area contributed by atoms with Gasteiger partial charge in [0.25, 0.3) is 0 Å². The standard InChI is InChI=1S/C35H28O12/c36-26(20-7-11-24(12-8-20)46-32(38)28-3-1-15-42-28)18-44-34(40)30-22-5-6-23(17-22)31(30)35(41)45-19-27(37)21-9-13-25(14-10-21)47-33(39)29-4-2-16-43-29/h1-4,7-16,22-23,30-31H,5-6,17-19H2/t22-,23+,30-,31+. The second kappa shape index (κ2) is 13.7. The molecule has 2 saturated carbocycles. The average molecular weight is 641 g/mol. The van der Waals surface area contributed by atoms with Crippen LogP contribution in [-0.4, -0.2) is 48.7 Å². The number of rotatable bonds is 12. The summed E-state index contributed by atoms with van der Waals surface area (Å²) in [5.41, 5.74) is 0.475. The number of carbonyl (C=O) groups is 6. The molecule has 0 saturated heterocycles. The molecule has 0 spiro atoms. The molecule has 2 aromatic heterocycles. The first-order chi connectivity index (χ1) is 22.8. The van der Waals surface area contributed by atoms with Gasteiger partial charge in [-0.3, -0.25) is 19.2 Å². The van der Waals surface area contributed by atoms with E-state index in [0.29, 0.717) is 6.42 Å². The summed E-state index contributed by atoms with van der Waals surface area (Å²) in [5.74, 6) is -4.93. The zero-order valence-corrected chi connectivity index (χ0v) is 24.8. The van der Waals surface area contributed by atoms with Crippen molar-refractivity contribution in [1.82, 2.24) is 0 Å². The van der Waals surface area contributed by atoms with Gasteiger partial charge >= 0.3 is 23.9 Å². The normalized spacial score (nSPS) is 19.5. The third-order valence-electron chi connectivity index (χ3n) is 8.37. The molecule has 2 aliphatic rings. The van der Waals surface area contributed by atoms with Crippen molar-refractivity contribution >= 4 is 35.4 Å². The van der Waals surface area contributed by atoms with Crippen molar-refractivity contribution in [3.05, 3.63) is 108 Å². The van der Waals surface area contributed by atoms with E-state index in [-0.39, 0.29) is 46.0 Å². The quantitative estimate of drug-likeness (QED) is 0.114. The van der Waals surface area contributed by atoms with Gasteiger partial charge in [-0.05, 0) is 104 Å². The van der Waals surface area contributed by atoms with Gasteiger partial charge in [0, 0.05) is 11.1 Å². The van der Waals surface area contributed by atoms with Crippen LogP contribution in [-0.2, 0) is 19.1 Å². The van der Waals surface area contributed by atoms with E-state index in [4.69, 9.17) is 27.8 Å². The molecular formula is C35H28O12. The molecule has 0 N–H and O–H groups in total. The van der Waals surface area contributed by atoms with Crippen molar-refractivity contribution < 1.29 is 56.5 Å². The van der Waals surface area contributed by atoms with Crippen LogP contribution in [0.1, 0.15) is 61.1 Å². The maximum Gasteiger partial charge on any atom is 0.379 e. The molecule has 2 aliphatic carbocycles. The molecule has 0 aliphatic heterocycles. The molecule has 0 unspecified atom stereocenters. The Morgan fingerprint density at radius 1 is 0.574 bits per heavy atom. The molecular weight excluding hydrogens is 612 g/mol. The molecule has 12 nitrogen and oxygen atoms in total. The van der Waals surface area contributed by atoms with E-state index in [2.05, 4.69) is 0 Å². The van der Waals surface area contributed by atoms with Gasteiger partial charge in [0.05, 0.1) is 24.4 Å². The summed E-state index contributed by atoms with van der Waals surface area (Å²) in [4.78, 5) is 75.9. The number of fused-ring (bicyclic) bond motifs is 2. The summed E-state index contributed by atoms with van der Waals surface area (Å²) in [5, 5.41) is 0. The maximum atomic E-state index is 13.2. The van der Waals surface area contributed by atoms with Gasteiger partial charge in [0.1, 0.15) is 11.5 Å². The Balaban J connectivity index is 0.993. The molecule has 6 rings (SSSR count). The second-order valence-corrected chi connectivity index (χ2v) is 11.2. The first-order valence-corrected chi connectivity index (χ1v) is 14.9. The number of ether oxygens (including phenoxy) is 4. The van der Waals surface area contributed by atoms with Gasteiger partial charge in [-0.25, -0.2) is 9.59 Å². The van der Waals surface area contributed by atoms with E-state index in [1.165, 1.54) is 73.2 Å². The van der Waals surface area contributed by atoms with E-state index in [1.54, 1.807) is 12.1 Å². The molecule has 4 atom stereocenters. The molecule has 12 heteroatoms. The fourth-order valence-corrected chi connectivity index (χ4v) is 6.12. The Morgan fingerprint density at radius 2 is 0.979 bits per heavy atom. The third kappa shape index (κ3) is 7.06. The van der Waals surface area contributed by atoms with Crippen LogP contribution < -0.4 is 9.47 Å². The van der Waals surface area contributed by atoms with Gasteiger partial charge in [0.2, 0.25) is 11.5 Å². The van der Waals surface area contributed by atoms with Crippen LogP contribution in [0.4, 0.5) is 0 Å². The van der Waals surface area contributed by atoms with E-state index >= 15 is 0 Å². The minimum Gasteiger partial charge on any atom is -0.457 e. The van der Waals surface area contributed by atoms with Gasteiger partial charge in [-0.2, -0.15) is 0 Å². The Bertz CT molecular complexity index is 1640. The molecule has 2 aromatic carbocycles. The topological polar surface area (TPSA) is 166 Å². The first-order valence-electron chi connectivity index (χ1n) is 14.9. The highest BCUT2D eigenvalue weighted by Gasteiger charge is 2.55. The maximum absolute atomic E-state index is 13.2. The summed E-state index contributed by atoms with van der Waals surface area (Å²) < 4.78 is 31.1. The minimum atomic E-state index is -0.782. The highest BCUT2D eigenvalue weighted by atomic mass is 16.6. The lowest BCUT2D eigenvalue weighted by atomic mass is 9.79. The van der Waals surface area contributed by atoms with E-state index in [0.717, 1.165) is 12.8 Å². The third-order valence-corrected chi connectivity index (χ3v) is 8.37. The van der Waals surface area contributed by atoms with Crippen molar-refractivity contribution in [2.45, 2.75) is 19.3 Å². The van der Waals surface area contributed by atoms with Crippen LogP contribution in [0, 0.1) is 23.7 Å². The summed E-state index contributed by atoms with van der Waals surface area (Å²) in [6, 6.07) is 17.5. The van der Waals surface area contributed by atoms with E-state index in [9.17, 15) is 28.8 Å². The molecule has 240 valence electrons. The molecule has 0 radical (unpaired) electrons. The zero-order chi connectivity index (χ0) is 32.9. The number of furan rings is 2. The van der Waals surface area contributed by atoms with Crippen molar-refractivity contribution in [1.29, 1.82) is 0 Å². The number of Topliss-reactive ketones (excluding diaryl/α,β-unsaturated/α-hetero) is 2. The zero-order valence-electron chi connectivity index (χ0n) is 24.8. The monoisotopic (exact) mass is 640 g/mol. The molecule has 2 fully saturated rings. The Kier molecular flexibility index (Phi) is 9.09. The van der Waals surface area contributed by atoms with Crippen molar-refractivity contribution in [2.24, 2.45) is 23.7 Å². The van der Waals surface area contributed by atoms with Gasteiger partial charge in [0.15, 0.2) is 24.8 Å². The lowest BCUT2D eigenvalue weighted by Crippen LogP contribution is -2.38. The Morgan fingerprint density at radius 3 is 1.34 bits per heavy atom. The Labute approximate surface area is 267 Å². The lowest BCUT2D eigenvalue weighted by molar-refractivity contribution is -0.162. The number of ketones is 2. The van der Waals surface area contributed by atoms with E-state index < -0.39 is 60.5 Å². The first kappa shape index (κ1) is 31.2. The van der Waals surface area contributed by atoms with Gasteiger partial charge in [-0.15, -0.1) is 0 Å². The van der Waals surface area contributed by atoms with Crippen LogP contribution in [0.5, 0.6) is 11.5 Å². The summed E-state index contributed by atoms with van der Waals surface area (Å²) in [7, 11) is 0. The number of esters is 4. The smallest absolute Gasteiger partial charge is 0.379 e. The number of hydrogen-bond donors (Lipinski definition) is 0. The second-order valence-electron chi connectivity index (χ2n) is 11.2.